The van der Waals surface area contributed by atoms with E-state index in [1.807, 2.05) is 13.8 Å². The lowest BCUT2D eigenvalue weighted by atomic mass is 10.0. The maximum Gasteiger partial charge on any atom is 0.326 e. The molecule has 0 aromatic heterocycles. The van der Waals surface area contributed by atoms with Gasteiger partial charge in [0.05, 0.1) is 12.5 Å². The number of hydrogen-bond acceptors (Lipinski definition) is 6. The minimum Gasteiger partial charge on any atom is -0.480 e. The molecule has 0 aliphatic rings. The summed E-state index contributed by atoms with van der Waals surface area (Å²) in [4.78, 5) is 59.1. The van der Waals surface area contributed by atoms with Gasteiger partial charge in [0, 0.05) is 0 Å². The first kappa shape index (κ1) is 26.3. The van der Waals surface area contributed by atoms with Crippen molar-refractivity contribution in [1.29, 1.82) is 0 Å². The van der Waals surface area contributed by atoms with E-state index in [2.05, 4.69) is 16.0 Å². The van der Waals surface area contributed by atoms with E-state index >= 15 is 0 Å². The maximum atomic E-state index is 12.4. The average Bonchev–Trinajstić information content (AvgIpc) is 2.56. The van der Waals surface area contributed by atoms with Gasteiger partial charge < -0.3 is 32.5 Å². The Morgan fingerprint density at radius 3 is 1.83 bits per heavy atom. The van der Waals surface area contributed by atoms with Crippen molar-refractivity contribution in [3.8, 4) is 0 Å². The van der Waals surface area contributed by atoms with Crippen LogP contribution >= 0.6 is 0 Å². The van der Waals surface area contributed by atoms with Crippen LogP contribution in [0.1, 0.15) is 47.5 Å². The molecule has 0 aromatic carbocycles. The van der Waals surface area contributed by atoms with Gasteiger partial charge in [0.2, 0.25) is 23.6 Å². The van der Waals surface area contributed by atoms with Gasteiger partial charge in [0.25, 0.3) is 0 Å². The Labute approximate surface area is 170 Å². The molecular weight excluding hydrogens is 382 g/mol. The van der Waals surface area contributed by atoms with E-state index in [0.29, 0.717) is 6.42 Å². The van der Waals surface area contributed by atoms with E-state index in [1.54, 1.807) is 13.8 Å². The summed E-state index contributed by atoms with van der Waals surface area (Å²) in [6, 6.07) is -4.32. The fraction of sp³-hybridized carbons (Fsp3) is 0.722. The second-order valence-electron chi connectivity index (χ2n) is 7.77. The van der Waals surface area contributed by atoms with Gasteiger partial charge in [-0.2, -0.15) is 0 Å². The first-order chi connectivity index (χ1) is 13.3. The summed E-state index contributed by atoms with van der Waals surface area (Å²) >= 11 is 0. The second-order valence-corrected chi connectivity index (χ2v) is 7.77. The number of nitrogens with two attached hydrogens (primary N) is 2. The SMILES string of the molecule is CC(C)CC(N)C(=O)NC(C)C(=O)NC(C(=O)NC(CC(N)=O)C(=O)O)C(C)C. The van der Waals surface area contributed by atoms with Crippen LogP contribution in [0.2, 0.25) is 0 Å². The van der Waals surface area contributed by atoms with Crippen molar-refractivity contribution in [2.75, 3.05) is 0 Å². The maximum absolute atomic E-state index is 12.4. The zero-order valence-corrected chi connectivity index (χ0v) is 17.5. The first-order valence-electron chi connectivity index (χ1n) is 9.44. The Balaban J connectivity index is 5.02. The zero-order valence-electron chi connectivity index (χ0n) is 17.5. The number of hydrogen-bond donors (Lipinski definition) is 6. The fourth-order valence-electron chi connectivity index (χ4n) is 2.48. The van der Waals surface area contributed by atoms with Crippen LogP contribution in [0.25, 0.3) is 0 Å². The van der Waals surface area contributed by atoms with Crippen LogP contribution in [0.4, 0.5) is 0 Å². The number of nitrogens with one attached hydrogen (secondary N) is 3. The lowest BCUT2D eigenvalue weighted by Gasteiger charge is -2.25. The molecule has 4 unspecified atom stereocenters. The molecule has 166 valence electrons. The molecule has 0 saturated carbocycles. The highest BCUT2D eigenvalue weighted by Gasteiger charge is 2.31. The zero-order chi connectivity index (χ0) is 22.9. The summed E-state index contributed by atoms with van der Waals surface area (Å²) in [5, 5.41) is 16.3. The van der Waals surface area contributed by atoms with Gasteiger partial charge in [-0.25, -0.2) is 4.79 Å². The molecule has 0 spiro atoms. The number of rotatable bonds is 12. The largest absolute Gasteiger partial charge is 0.480 e. The van der Waals surface area contributed by atoms with Crippen molar-refractivity contribution in [2.24, 2.45) is 23.3 Å². The molecule has 29 heavy (non-hydrogen) atoms. The molecule has 0 fully saturated rings. The number of primary amides is 1. The molecule has 0 heterocycles. The molecule has 8 N–H and O–H groups in total. The summed E-state index contributed by atoms with van der Waals surface area (Å²) in [7, 11) is 0. The third kappa shape index (κ3) is 9.88. The van der Waals surface area contributed by atoms with Crippen LogP contribution in [-0.4, -0.2) is 58.9 Å². The standard InChI is InChI=1S/C18H33N5O6/c1-8(2)6-11(19)16(26)21-10(5)15(25)23-14(9(3)4)17(27)22-12(18(28)29)7-13(20)24/h8-12,14H,6-7,19H2,1-5H3,(H2,20,24)(H,21,26)(H,22,27)(H,23,25)(H,28,29). The molecule has 0 aromatic rings. The summed E-state index contributed by atoms with van der Waals surface area (Å²) in [5.41, 5.74) is 10.8. The predicted octanol–water partition coefficient (Wildman–Crippen LogP) is -1.55. The van der Waals surface area contributed by atoms with Gasteiger partial charge in [-0.3, -0.25) is 19.2 Å². The molecule has 4 atom stereocenters. The molecular formula is C18H33N5O6. The Morgan fingerprint density at radius 2 is 1.41 bits per heavy atom. The van der Waals surface area contributed by atoms with Crippen LogP contribution in [0.5, 0.6) is 0 Å². The minimum absolute atomic E-state index is 0.205. The van der Waals surface area contributed by atoms with Crippen LogP contribution in [0.3, 0.4) is 0 Å². The van der Waals surface area contributed by atoms with Gasteiger partial charge in [-0.1, -0.05) is 27.7 Å². The molecule has 11 heteroatoms. The van der Waals surface area contributed by atoms with E-state index in [1.165, 1.54) is 6.92 Å². The van der Waals surface area contributed by atoms with E-state index in [0.717, 1.165) is 0 Å². The molecule has 0 radical (unpaired) electrons. The van der Waals surface area contributed by atoms with Crippen LogP contribution in [0, 0.1) is 11.8 Å². The van der Waals surface area contributed by atoms with Gasteiger partial charge in [-0.15, -0.1) is 0 Å². The Morgan fingerprint density at radius 1 is 0.862 bits per heavy atom. The monoisotopic (exact) mass is 415 g/mol. The van der Waals surface area contributed by atoms with E-state index < -0.39 is 66.1 Å². The average molecular weight is 415 g/mol. The van der Waals surface area contributed by atoms with Crippen molar-refractivity contribution in [2.45, 2.75) is 71.6 Å². The van der Waals surface area contributed by atoms with E-state index in [9.17, 15) is 24.0 Å². The highest BCUT2D eigenvalue weighted by molar-refractivity contribution is 5.94. The number of carbonyl (C=O) groups is 5. The van der Waals surface area contributed by atoms with Crippen molar-refractivity contribution < 1.29 is 29.1 Å². The topological polar surface area (TPSA) is 194 Å². The highest BCUT2D eigenvalue weighted by Crippen LogP contribution is 2.05. The van der Waals surface area contributed by atoms with Crippen molar-refractivity contribution in [1.82, 2.24) is 16.0 Å². The molecule has 4 amide bonds. The summed E-state index contributed by atoms with van der Waals surface area (Å²) in [6.45, 7) is 8.57. The quantitative estimate of drug-likeness (QED) is 0.222. The van der Waals surface area contributed by atoms with Crippen molar-refractivity contribution in [3.63, 3.8) is 0 Å². The molecule has 0 aliphatic heterocycles. The van der Waals surface area contributed by atoms with E-state index in [-0.39, 0.29) is 5.92 Å². The third-order valence-corrected chi connectivity index (χ3v) is 4.08. The van der Waals surface area contributed by atoms with Crippen LogP contribution < -0.4 is 27.4 Å². The molecule has 0 bridgehead atoms. The Kier molecular flexibility index (Phi) is 10.9. The predicted molar refractivity (Wildman–Crippen MR) is 105 cm³/mol. The summed E-state index contributed by atoms with van der Waals surface area (Å²) in [6.07, 6.45) is -0.131. The molecule has 0 rings (SSSR count). The number of aliphatic carboxylic acids is 1. The molecule has 0 saturated heterocycles. The first-order valence-corrected chi connectivity index (χ1v) is 9.44. The fourth-order valence-corrected chi connectivity index (χ4v) is 2.48. The summed E-state index contributed by atoms with van der Waals surface area (Å²) < 4.78 is 0. The molecule has 0 aliphatic carbocycles. The van der Waals surface area contributed by atoms with E-state index in [4.69, 9.17) is 16.6 Å². The van der Waals surface area contributed by atoms with Crippen molar-refractivity contribution >= 4 is 29.6 Å². The smallest absolute Gasteiger partial charge is 0.326 e. The van der Waals surface area contributed by atoms with Gasteiger partial charge in [0.15, 0.2) is 0 Å². The van der Waals surface area contributed by atoms with Crippen molar-refractivity contribution in [3.05, 3.63) is 0 Å². The normalized spacial score (nSPS) is 15.2. The number of carboxylic acids is 1. The number of carboxylic acid groups (broad SMARTS) is 1. The van der Waals surface area contributed by atoms with Crippen LogP contribution in [-0.2, 0) is 24.0 Å². The van der Waals surface area contributed by atoms with Gasteiger partial charge in [0.1, 0.15) is 18.1 Å². The summed E-state index contributed by atoms with van der Waals surface area (Å²) in [5.74, 6) is -4.41. The highest BCUT2D eigenvalue weighted by atomic mass is 16.4. The minimum atomic E-state index is -1.51. The Hall–Kier alpha value is -2.69. The van der Waals surface area contributed by atoms with Gasteiger partial charge >= 0.3 is 5.97 Å². The number of carbonyl (C=O) groups excluding carboxylic acids is 4. The van der Waals surface area contributed by atoms with Crippen LogP contribution in [0.15, 0.2) is 0 Å². The van der Waals surface area contributed by atoms with Gasteiger partial charge in [-0.05, 0) is 25.2 Å². The Bertz CT molecular complexity index is 622. The lowest BCUT2D eigenvalue weighted by Crippen LogP contribution is -2.58. The molecule has 11 nitrogen and oxygen atoms in total. The third-order valence-electron chi connectivity index (χ3n) is 4.08. The lowest BCUT2D eigenvalue weighted by molar-refractivity contribution is -0.144. The number of amides is 4. The second kappa shape index (κ2) is 12.0.